The predicted molar refractivity (Wildman–Crippen MR) is 57.5 cm³/mol. The van der Waals surface area contributed by atoms with E-state index >= 15 is 0 Å². The lowest BCUT2D eigenvalue weighted by Crippen LogP contribution is -2.30. The molecule has 74 valence electrons. The summed E-state index contributed by atoms with van der Waals surface area (Å²) in [5.41, 5.74) is 0.554. The van der Waals surface area contributed by atoms with Crippen molar-refractivity contribution in [2.45, 2.75) is 46.1 Å². The molecule has 0 amide bonds. The van der Waals surface area contributed by atoms with Crippen molar-refractivity contribution in [3.63, 3.8) is 0 Å². The van der Waals surface area contributed by atoms with E-state index in [0.717, 1.165) is 12.6 Å². The van der Waals surface area contributed by atoms with Gasteiger partial charge in [-0.05, 0) is 38.6 Å². The highest BCUT2D eigenvalue weighted by molar-refractivity contribution is 4.99. The molecule has 1 unspecified atom stereocenters. The van der Waals surface area contributed by atoms with Gasteiger partial charge in [-0.3, -0.25) is 4.90 Å². The monoisotopic (exact) mass is 179 g/mol. The summed E-state index contributed by atoms with van der Waals surface area (Å²) in [4.78, 5) is 2.39. The lowest BCUT2D eigenvalue weighted by Gasteiger charge is -2.23. The van der Waals surface area contributed by atoms with Crippen molar-refractivity contribution in [3.05, 3.63) is 0 Å². The zero-order chi connectivity index (χ0) is 9.90. The SMILES string of the molecule is CC#CCN(C)C1CCC(C)(C)C1. The Morgan fingerprint density at radius 2 is 2.15 bits per heavy atom. The van der Waals surface area contributed by atoms with Crippen LogP contribution in [0.15, 0.2) is 0 Å². The molecule has 0 aromatic heterocycles. The minimum atomic E-state index is 0.554. The Morgan fingerprint density at radius 3 is 2.62 bits per heavy atom. The van der Waals surface area contributed by atoms with Gasteiger partial charge in [0.1, 0.15) is 0 Å². The molecule has 0 N–H and O–H groups in total. The molecule has 0 saturated heterocycles. The number of nitrogens with zero attached hydrogens (tertiary/aromatic N) is 1. The average Bonchev–Trinajstić information content (AvgIpc) is 2.42. The van der Waals surface area contributed by atoms with Gasteiger partial charge in [0, 0.05) is 6.04 Å². The average molecular weight is 179 g/mol. The maximum atomic E-state index is 3.13. The van der Waals surface area contributed by atoms with Crippen LogP contribution in [0.3, 0.4) is 0 Å². The summed E-state index contributed by atoms with van der Waals surface area (Å²) < 4.78 is 0. The van der Waals surface area contributed by atoms with Crippen molar-refractivity contribution < 1.29 is 0 Å². The van der Waals surface area contributed by atoms with Gasteiger partial charge in [0.25, 0.3) is 0 Å². The summed E-state index contributed by atoms with van der Waals surface area (Å²) in [6.07, 6.45) is 4.03. The van der Waals surface area contributed by atoms with Crippen LogP contribution in [0, 0.1) is 17.3 Å². The van der Waals surface area contributed by atoms with Crippen LogP contribution in [0.1, 0.15) is 40.0 Å². The van der Waals surface area contributed by atoms with E-state index in [1.54, 1.807) is 0 Å². The first-order valence-electron chi connectivity index (χ1n) is 5.15. The van der Waals surface area contributed by atoms with Gasteiger partial charge in [-0.1, -0.05) is 19.8 Å². The maximum absolute atomic E-state index is 3.13. The maximum Gasteiger partial charge on any atom is 0.0601 e. The lowest BCUT2D eigenvalue weighted by molar-refractivity contribution is 0.251. The van der Waals surface area contributed by atoms with Gasteiger partial charge in [0.15, 0.2) is 0 Å². The molecule has 1 aliphatic rings. The van der Waals surface area contributed by atoms with Crippen LogP contribution in [-0.2, 0) is 0 Å². The van der Waals surface area contributed by atoms with Gasteiger partial charge < -0.3 is 0 Å². The standard InChI is InChI=1S/C12H21N/c1-5-6-9-13(4)11-7-8-12(2,3)10-11/h11H,7-10H2,1-4H3. The van der Waals surface area contributed by atoms with E-state index in [9.17, 15) is 0 Å². The molecular formula is C12H21N. The zero-order valence-electron chi connectivity index (χ0n) is 9.35. The molecule has 0 heterocycles. The second-order valence-corrected chi connectivity index (χ2v) is 4.90. The highest BCUT2D eigenvalue weighted by Gasteiger charge is 2.32. The molecule has 1 aliphatic carbocycles. The molecule has 0 aromatic rings. The van der Waals surface area contributed by atoms with Gasteiger partial charge in [-0.25, -0.2) is 0 Å². The fourth-order valence-electron chi connectivity index (χ4n) is 2.11. The minimum absolute atomic E-state index is 0.554. The zero-order valence-corrected chi connectivity index (χ0v) is 9.35. The second kappa shape index (κ2) is 4.15. The molecule has 1 saturated carbocycles. The fraction of sp³-hybridized carbons (Fsp3) is 0.833. The topological polar surface area (TPSA) is 3.24 Å². The highest BCUT2D eigenvalue weighted by atomic mass is 15.1. The Bertz CT molecular complexity index is 219. The van der Waals surface area contributed by atoms with Crippen molar-refractivity contribution in [1.29, 1.82) is 0 Å². The third-order valence-electron chi connectivity index (χ3n) is 3.07. The highest BCUT2D eigenvalue weighted by Crippen LogP contribution is 2.38. The Balaban J connectivity index is 2.40. The summed E-state index contributed by atoms with van der Waals surface area (Å²) >= 11 is 0. The van der Waals surface area contributed by atoms with Crippen LogP contribution in [0.25, 0.3) is 0 Å². The molecule has 1 rings (SSSR count). The van der Waals surface area contributed by atoms with Gasteiger partial charge in [0.05, 0.1) is 6.54 Å². The molecule has 1 nitrogen and oxygen atoms in total. The van der Waals surface area contributed by atoms with E-state index in [1.807, 2.05) is 6.92 Å². The first kappa shape index (κ1) is 10.6. The molecule has 0 aliphatic heterocycles. The third-order valence-corrected chi connectivity index (χ3v) is 3.07. The molecule has 1 fully saturated rings. The number of hydrogen-bond acceptors (Lipinski definition) is 1. The van der Waals surface area contributed by atoms with Gasteiger partial charge in [-0.2, -0.15) is 0 Å². The Kier molecular flexibility index (Phi) is 3.39. The van der Waals surface area contributed by atoms with E-state index in [4.69, 9.17) is 0 Å². The van der Waals surface area contributed by atoms with Crippen LogP contribution in [0.2, 0.25) is 0 Å². The van der Waals surface area contributed by atoms with Crippen LogP contribution in [-0.4, -0.2) is 24.5 Å². The smallest absolute Gasteiger partial charge is 0.0601 e. The van der Waals surface area contributed by atoms with E-state index in [1.165, 1.54) is 19.3 Å². The first-order valence-corrected chi connectivity index (χ1v) is 5.15. The van der Waals surface area contributed by atoms with Crippen molar-refractivity contribution in [3.8, 4) is 11.8 Å². The molecule has 1 heteroatoms. The second-order valence-electron chi connectivity index (χ2n) is 4.90. The quantitative estimate of drug-likeness (QED) is 0.589. The van der Waals surface area contributed by atoms with Crippen LogP contribution in [0.4, 0.5) is 0 Å². The Morgan fingerprint density at radius 1 is 1.46 bits per heavy atom. The van der Waals surface area contributed by atoms with Crippen molar-refractivity contribution >= 4 is 0 Å². The normalized spacial score (nSPS) is 25.8. The van der Waals surface area contributed by atoms with E-state index < -0.39 is 0 Å². The third kappa shape index (κ3) is 3.04. The van der Waals surface area contributed by atoms with Gasteiger partial charge >= 0.3 is 0 Å². The summed E-state index contributed by atoms with van der Waals surface area (Å²) in [7, 11) is 2.19. The lowest BCUT2D eigenvalue weighted by atomic mass is 9.91. The number of hydrogen-bond donors (Lipinski definition) is 0. The molecule has 0 aromatic carbocycles. The summed E-state index contributed by atoms with van der Waals surface area (Å²) in [5, 5.41) is 0. The predicted octanol–water partition coefficient (Wildman–Crippen LogP) is 2.52. The Hall–Kier alpha value is -0.480. The molecule has 0 spiro atoms. The number of rotatable bonds is 2. The minimum Gasteiger partial charge on any atom is -0.292 e. The largest absolute Gasteiger partial charge is 0.292 e. The molecule has 0 bridgehead atoms. The first-order chi connectivity index (χ1) is 6.05. The summed E-state index contributed by atoms with van der Waals surface area (Å²) in [6, 6.07) is 0.760. The van der Waals surface area contributed by atoms with Gasteiger partial charge in [-0.15, -0.1) is 5.92 Å². The molecule has 0 radical (unpaired) electrons. The van der Waals surface area contributed by atoms with Crippen LogP contribution in [0.5, 0.6) is 0 Å². The van der Waals surface area contributed by atoms with Crippen molar-refractivity contribution in [1.82, 2.24) is 4.90 Å². The van der Waals surface area contributed by atoms with Crippen LogP contribution < -0.4 is 0 Å². The Labute approximate surface area is 82.5 Å². The van der Waals surface area contributed by atoms with Crippen LogP contribution >= 0.6 is 0 Å². The molecule has 1 atom stereocenters. The van der Waals surface area contributed by atoms with E-state index in [0.29, 0.717) is 5.41 Å². The molecular weight excluding hydrogens is 158 g/mol. The van der Waals surface area contributed by atoms with Crippen molar-refractivity contribution in [2.75, 3.05) is 13.6 Å². The van der Waals surface area contributed by atoms with Crippen molar-refractivity contribution in [2.24, 2.45) is 5.41 Å². The van der Waals surface area contributed by atoms with Gasteiger partial charge in [0.2, 0.25) is 0 Å². The van der Waals surface area contributed by atoms with E-state index in [2.05, 4.69) is 37.6 Å². The fourth-order valence-corrected chi connectivity index (χ4v) is 2.11. The molecule has 13 heavy (non-hydrogen) atoms. The summed E-state index contributed by atoms with van der Waals surface area (Å²) in [5.74, 6) is 6.08. The van der Waals surface area contributed by atoms with E-state index in [-0.39, 0.29) is 0 Å². The summed E-state index contributed by atoms with van der Waals surface area (Å²) in [6.45, 7) is 7.57.